The summed E-state index contributed by atoms with van der Waals surface area (Å²) < 4.78 is 11.4. The number of fused-ring (bicyclic) bond motifs is 3. The van der Waals surface area contributed by atoms with Crippen molar-refractivity contribution in [2.24, 2.45) is 0 Å². The summed E-state index contributed by atoms with van der Waals surface area (Å²) in [6, 6.07) is 16.0. The monoisotopic (exact) mass is 278 g/mol. The zero-order valence-corrected chi connectivity index (χ0v) is 11.4. The number of aromatic nitrogens is 2. The van der Waals surface area contributed by atoms with Gasteiger partial charge in [-0.2, -0.15) is 0 Å². The van der Waals surface area contributed by atoms with Crippen LogP contribution < -0.4 is 0 Å². The fourth-order valence-corrected chi connectivity index (χ4v) is 2.46. The number of benzene rings is 2. The molecule has 0 amide bonds. The van der Waals surface area contributed by atoms with Crippen molar-refractivity contribution in [2.45, 2.75) is 13.2 Å². The number of oxazole rings is 1. The summed E-state index contributed by atoms with van der Waals surface area (Å²) in [6.45, 7) is 0.925. The van der Waals surface area contributed by atoms with E-state index in [1.165, 1.54) is 0 Å². The quantitative estimate of drug-likeness (QED) is 0.613. The Kier molecular flexibility index (Phi) is 2.94. The molecule has 1 N–H and O–H groups in total. The van der Waals surface area contributed by atoms with Crippen molar-refractivity contribution in [1.29, 1.82) is 0 Å². The van der Waals surface area contributed by atoms with E-state index in [0.717, 1.165) is 27.6 Å². The van der Waals surface area contributed by atoms with E-state index in [9.17, 15) is 0 Å². The fraction of sp³-hybridized carbons (Fsp3) is 0.118. The van der Waals surface area contributed by atoms with E-state index in [4.69, 9.17) is 9.15 Å². The van der Waals surface area contributed by atoms with Crippen LogP contribution in [0.4, 0.5) is 0 Å². The number of hydrogen-bond donors (Lipinski definition) is 1. The highest BCUT2D eigenvalue weighted by atomic mass is 16.5. The van der Waals surface area contributed by atoms with Gasteiger partial charge in [-0.25, -0.2) is 4.98 Å². The lowest BCUT2D eigenvalue weighted by molar-refractivity contribution is 0.0907. The van der Waals surface area contributed by atoms with Crippen LogP contribution >= 0.6 is 0 Å². The molecule has 0 aliphatic carbocycles. The maximum Gasteiger partial charge on any atom is 0.221 e. The summed E-state index contributed by atoms with van der Waals surface area (Å²) >= 11 is 0. The van der Waals surface area contributed by atoms with Gasteiger partial charge in [-0.1, -0.05) is 30.3 Å². The molecule has 0 aliphatic heterocycles. The molecule has 0 atom stereocenters. The normalized spacial score (nSPS) is 11.4. The second-order valence-electron chi connectivity index (χ2n) is 4.94. The Balaban J connectivity index is 1.54. The van der Waals surface area contributed by atoms with Crippen molar-refractivity contribution >= 4 is 22.0 Å². The largest absolute Gasteiger partial charge is 0.438 e. The van der Waals surface area contributed by atoms with Gasteiger partial charge in [-0.15, -0.1) is 0 Å². The second-order valence-corrected chi connectivity index (χ2v) is 4.94. The van der Waals surface area contributed by atoms with Crippen LogP contribution in [-0.4, -0.2) is 9.97 Å². The number of H-pyrrole nitrogens is 1. The number of nitrogens with zero attached hydrogens (tertiary/aromatic N) is 1. The van der Waals surface area contributed by atoms with E-state index in [1.54, 1.807) is 0 Å². The fourth-order valence-electron chi connectivity index (χ4n) is 2.46. The first-order chi connectivity index (χ1) is 10.4. The van der Waals surface area contributed by atoms with E-state index >= 15 is 0 Å². The molecule has 0 fully saturated rings. The van der Waals surface area contributed by atoms with Crippen LogP contribution in [0.1, 0.15) is 11.5 Å². The van der Waals surface area contributed by atoms with Gasteiger partial charge in [0.05, 0.1) is 6.61 Å². The lowest BCUT2D eigenvalue weighted by atomic mass is 10.2. The third-order valence-electron chi connectivity index (χ3n) is 3.47. The SMILES string of the molecule is c1ccc(COCc2nc3c(ccc4[nH]ccc43)o2)cc1. The Bertz CT molecular complexity index is 877. The van der Waals surface area contributed by atoms with Gasteiger partial charge in [-0.05, 0) is 23.8 Å². The van der Waals surface area contributed by atoms with Crippen molar-refractivity contribution in [3.8, 4) is 0 Å². The third-order valence-corrected chi connectivity index (χ3v) is 3.47. The highest BCUT2D eigenvalue weighted by Gasteiger charge is 2.09. The molecule has 0 bridgehead atoms. The van der Waals surface area contributed by atoms with Crippen LogP contribution in [0.5, 0.6) is 0 Å². The standard InChI is InChI=1S/C17H14N2O2/c1-2-4-12(5-3-1)10-20-11-16-19-17-13-8-9-18-14(13)6-7-15(17)21-16/h1-9,18H,10-11H2. The van der Waals surface area contributed by atoms with Gasteiger partial charge in [0.1, 0.15) is 12.1 Å². The Hall–Kier alpha value is -2.59. The molecule has 0 radical (unpaired) electrons. The van der Waals surface area contributed by atoms with E-state index < -0.39 is 0 Å². The molecule has 4 aromatic rings. The number of aromatic amines is 1. The van der Waals surface area contributed by atoms with Gasteiger partial charge < -0.3 is 14.1 Å². The van der Waals surface area contributed by atoms with Gasteiger partial charge in [0.2, 0.25) is 5.89 Å². The predicted molar refractivity (Wildman–Crippen MR) is 80.8 cm³/mol. The Labute approximate surface area is 121 Å². The minimum atomic E-state index is 0.371. The lowest BCUT2D eigenvalue weighted by Gasteiger charge is -2.00. The zero-order chi connectivity index (χ0) is 14.1. The molecular weight excluding hydrogens is 264 g/mol. The van der Waals surface area contributed by atoms with Crippen molar-refractivity contribution in [3.05, 3.63) is 66.2 Å². The summed E-state index contributed by atoms with van der Waals surface area (Å²) in [6.07, 6.45) is 1.91. The molecule has 104 valence electrons. The topological polar surface area (TPSA) is 51.0 Å². The summed E-state index contributed by atoms with van der Waals surface area (Å²) in [4.78, 5) is 7.71. The molecule has 4 nitrogen and oxygen atoms in total. The molecule has 2 aromatic carbocycles. The molecule has 4 rings (SSSR count). The minimum Gasteiger partial charge on any atom is -0.438 e. The van der Waals surface area contributed by atoms with Crippen molar-refractivity contribution in [3.63, 3.8) is 0 Å². The molecule has 0 aliphatic rings. The molecule has 0 saturated heterocycles. The molecule has 2 aromatic heterocycles. The molecule has 0 unspecified atom stereocenters. The van der Waals surface area contributed by atoms with Gasteiger partial charge in [0.25, 0.3) is 0 Å². The molecule has 0 saturated carbocycles. The Morgan fingerprint density at radius 1 is 1.00 bits per heavy atom. The second kappa shape index (κ2) is 5.07. The van der Waals surface area contributed by atoms with Crippen molar-refractivity contribution in [1.82, 2.24) is 9.97 Å². The number of rotatable bonds is 4. The summed E-state index contributed by atoms with van der Waals surface area (Å²) in [5, 5.41) is 1.07. The summed E-state index contributed by atoms with van der Waals surface area (Å²) in [7, 11) is 0. The minimum absolute atomic E-state index is 0.371. The van der Waals surface area contributed by atoms with E-state index in [2.05, 4.69) is 9.97 Å². The first kappa shape index (κ1) is 12.2. The summed E-state index contributed by atoms with van der Waals surface area (Å²) in [5.41, 5.74) is 3.88. The van der Waals surface area contributed by atoms with E-state index in [1.807, 2.05) is 54.7 Å². The van der Waals surface area contributed by atoms with Gasteiger partial charge in [0, 0.05) is 17.1 Å². The van der Waals surface area contributed by atoms with E-state index in [0.29, 0.717) is 19.1 Å². The van der Waals surface area contributed by atoms with Gasteiger partial charge in [-0.3, -0.25) is 0 Å². The molecular formula is C17H14N2O2. The smallest absolute Gasteiger partial charge is 0.221 e. The maximum absolute atomic E-state index is 5.73. The Morgan fingerprint density at radius 3 is 2.81 bits per heavy atom. The molecule has 21 heavy (non-hydrogen) atoms. The van der Waals surface area contributed by atoms with Crippen LogP contribution in [0, 0.1) is 0 Å². The molecule has 2 heterocycles. The highest BCUT2D eigenvalue weighted by Crippen LogP contribution is 2.25. The first-order valence-electron chi connectivity index (χ1n) is 6.87. The predicted octanol–water partition coefficient (Wildman–Crippen LogP) is 4.03. The average molecular weight is 278 g/mol. The van der Waals surface area contributed by atoms with Gasteiger partial charge in [0.15, 0.2) is 5.58 Å². The number of nitrogens with one attached hydrogen (secondary N) is 1. The number of ether oxygens (including phenoxy) is 1. The van der Waals surface area contributed by atoms with E-state index in [-0.39, 0.29) is 0 Å². The average Bonchev–Trinajstić information content (AvgIpc) is 3.13. The lowest BCUT2D eigenvalue weighted by Crippen LogP contribution is -1.93. The summed E-state index contributed by atoms with van der Waals surface area (Å²) in [5.74, 6) is 0.606. The third kappa shape index (κ3) is 2.30. The molecule has 0 spiro atoms. The van der Waals surface area contributed by atoms with Gasteiger partial charge >= 0.3 is 0 Å². The van der Waals surface area contributed by atoms with Crippen molar-refractivity contribution in [2.75, 3.05) is 0 Å². The van der Waals surface area contributed by atoms with Crippen LogP contribution in [0.2, 0.25) is 0 Å². The Morgan fingerprint density at radius 2 is 1.90 bits per heavy atom. The van der Waals surface area contributed by atoms with Crippen LogP contribution in [0.3, 0.4) is 0 Å². The maximum atomic E-state index is 5.73. The van der Waals surface area contributed by atoms with Crippen LogP contribution in [-0.2, 0) is 18.0 Å². The van der Waals surface area contributed by atoms with Crippen molar-refractivity contribution < 1.29 is 9.15 Å². The first-order valence-corrected chi connectivity index (χ1v) is 6.87. The molecule has 4 heteroatoms. The zero-order valence-electron chi connectivity index (χ0n) is 11.4. The van der Waals surface area contributed by atoms with Crippen LogP contribution in [0.25, 0.3) is 22.0 Å². The highest BCUT2D eigenvalue weighted by molar-refractivity contribution is 6.02. The van der Waals surface area contributed by atoms with Crippen LogP contribution in [0.15, 0.2) is 59.1 Å². The number of hydrogen-bond acceptors (Lipinski definition) is 3.